The fraction of sp³-hybridized carbons (Fsp3) is 0.562. The molecule has 0 radical (unpaired) electrons. The molecule has 124 valence electrons. The first kappa shape index (κ1) is 18.9. The summed E-state index contributed by atoms with van der Waals surface area (Å²) in [6, 6.07) is 0. The second-order valence-corrected chi connectivity index (χ2v) is 6.10. The van der Waals surface area contributed by atoms with Crippen LogP contribution in [0, 0.1) is 6.92 Å². The zero-order valence-corrected chi connectivity index (χ0v) is 14.5. The minimum absolute atomic E-state index is 0.0208. The highest BCUT2D eigenvalue weighted by molar-refractivity contribution is 6.38. The summed E-state index contributed by atoms with van der Waals surface area (Å²) in [7, 11) is 0. The molecule has 0 aliphatic heterocycles. The maximum absolute atomic E-state index is 12.1. The Hall–Kier alpha value is -1.13. The van der Waals surface area contributed by atoms with Crippen molar-refractivity contribution in [2.24, 2.45) is 0 Å². The van der Waals surface area contributed by atoms with Crippen molar-refractivity contribution in [3.8, 4) is 11.5 Å². The van der Waals surface area contributed by atoms with Crippen molar-refractivity contribution in [3.63, 3.8) is 0 Å². The number of rotatable bonds is 8. The number of amides is 1. The van der Waals surface area contributed by atoms with Crippen molar-refractivity contribution in [2.45, 2.75) is 52.4 Å². The van der Waals surface area contributed by atoms with Crippen LogP contribution in [-0.2, 0) is 0 Å². The lowest BCUT2D eigenvalue weighted by Gasteiger charge is -2.13. The number of nitrogens with one attached hydrogen (secondary N) is 1. The van der Waals surface area contributed by atoms with Gasteiger partial charge in [-0.3, -0.25) is 4.79 Å². The molecule has 0 aromatic heterocycles. The minimum Gasteiger partial charge on any atom is -0.505 e. The van der Waals surface area contributed by atoms with Gasteiger partial charge in [-0.05, 0) is 18.9 Å². The lowest BCUT2D eigenvalue weighted by Crippen LogP contribution is -2.24. The quantitative estimate of drug-likeness (QED) is 0.591. The van der Waals surface area contributed by atoms with E-state index in [2.05, 4.69) is 12.2 Å². The number of phenolic OH excluding ortho intramolecular Hbond substituents is 2. The Bertz CT molecular complexity index is 504. The van der Waals surface area contributed by atoms with Gasteiger partial charge in [0.15, 0.2) is 11.5 Å². The van der Waals surface area contributed by atoms with Crippen LogP contribution in [0.5, 0.6) is 11.5 Å². The number of phenols is 2. The van der Waals surface area contributed by atoms with Crippen LogP contribution in [-0.4, -0.2) is 22.7 Å². The zero-order valence-electron chi connectivity index (χ0n) is 13.0. The Balaban J connectivity index is 2.60. The van der Waals surface area contributed by atoms with Crippen LogP contribution in [0.25, 0.3) is 0 Å². The van der Waals surface area contributed by atoms with Crippen molar-refractivity contribution in [3.05, 3.63) is 21.2 Å². The minimum atomic E-state index is -0.577. The molecule has 0 spiro atoms. The first-order valence-corrected chi connectivity index (χ1v) is 8.35. The number of unbranched alkanes of at least 4 members (excludes halogenated alkanes) is 5. The predicted octanol–water partition coefficient (Wildman–Crippen LogP) is 4.80. The van der Waals surface area contributed by atoms with E-state index in [0.29, 0.717) is 12.1 Å². The maximum atomic E-state index is 12.1. The summed E-state index contributed by atoms with van der Waals surface area (Å²) < 4.78 is 0. The maximum Gasteiger partial charge on any atom is 0.258 e. The van der Waals surface area contributed by atoms with Crippen LogP contribution >= 0.6 is 23.2 Å². The molecule has 4 nitrogen and oxygen atoms in total. The second-order valence-electron chi connectivity index (χ2n) is 5.35. The van der Waals surface area contributed by atoms with E-state index in [4.69, 9.17) is 23.2 Å². The molecule has 0 heterocycles. The Labute approximate surface area is 141 Å². The molecule has 1 amide bonds. The van der Waals surface area contributed by atoms with E-state index in [1.807, 2.05) is 0 Å². The third-order valence-corrected chi connectivity index (χ3v) is 4.52. The third kappa shape index (κ3) is 4.68. The van der Waals surface area contributed by atoms with Gasteiger partial charge in [-0.1, -0.05) is 62.2 Å². The standard InChI is InChI=1S/C16H23Cl2NO3/c1-3-4-5-6-7-8-9-19-16(22)11-14(20)12(17)10(2)13(18)15(11)21/h20-21H,3-9H2,1-2H3,(H,19,22). The van der Waals surface area contributed by atoms with E-state index in [-0.39, 0.29) is 15.6 Å². The van der Waals surface area contributed by atoms with Crippen molar-refractivity contribution in [1.29, 1.82) is 0 Å². The highest BCUT2D eigenvalue weighted by atomic mass is 35.5. The fourth-order valence-corrected chi connectivity index (χ4v) is 2.62. The van der Waals surface area contributed by atoms with Crippen LogP contribution in [0.1, 0.15) is 61.4 Å². The number of hydrogen-bond donors (Lipinski definition) is 3. The first-order chi connectivity index (χ1) is 10.4. The lowest BCUT2D eigenvalue weighted by atomic mass is 10.1. The van der Waals surface area contributed by atoms with E-state index in [9.17, 15) is 15.0 Å². The third-order valence-electron chi connectivity index (χ3n) is 3.59. The molecule has 0 atom stereocenters. The van der Waals surface area contributed by atoms with Crippen LogP contribution in [0.3, 0.4) is 0 Å². The van der Waals surface area contributed by atoms with E-state index < -0.39 is 17.4 Å². The molecular formula is C16H23Cl2NO3. The Kier molecular flexibility index (Phi) is 7.83. The summed E-state index contributed by atoms with van der Waals surface area (Å²) >= 11 is 11.8. The van der Waals surface area contributed by atoms with Gasteiger partial charge in [0.05, 0.1) is 10.0 Å². The molecular weight excluding hydrogens is 325 g/mol. The van der Waals surface area contributed by atoms with Crippen molar-refractivity contribution >= 4 is 29.1 Å². The number of carbonyl (C=O) groups is 1. The summed E-state index contributed by atoms with van der Waals surface area (Å²) in [6.07, 6.45) is 6.66. The molecule has 0 aliphatic carbocycles. The summed E-state index contributed by atoms with van der Waals surface area (Å²) in [6.45, 7) is 4.20. The molecule has 0 aliphatic rings. The lowest BCUT2D eigenvalue weighted by molar-refractivity contribution is 0.0947. The van der Waals surface area contributed by atoms with Gasteiger partial charge >= 0.3 is 0 Å². The van der Waals surface area contributed by atoms with Gasteiger partial charge in [0.1, 0.15) is 5.56 Å². The van der Waals surface area contributed by atoms with Gasteiger partial charge in [0.25, 0.3) is 5.91 Å². The molecule has 1 aromatic carbocycles. The van der Waals surface area contributed by atoms with Crippen molar-refractivity contribution < 1.29 is 15.0 Å². The van der Waals surface area contributed by atoms with Crippen LogP contribution in [0.2, 0.25) is 10.0 Å². The van der Waals surface area contributed by atoms with Gasteiger partial charge in [0, 0.05) is 6.54 Å². The predicted molar refractivity (Wildman–Crippen MR) is 90.2 cm³/mol. The van der Waals surface area contributed by atoms with Crippen LogP contribution < -0.4 is 5.32 Å². The van der Waals surface area contributed by atoms with E-state index in [0.717, 1.165) is 19.3 Å². The molecule has 1 aromatic rings. The average Bonchev–Trinajstić information content (AvgIpc) is 2.50. The highest BCUT2D eigenvalue weighted by Crippen LogP contribution is 2.43. The number of hydrogen-bond acceptors (Lipinski definition) is 3. The molecule has 0 saturated carbocycles. The Morgan fingerprint density at radius 2 is 1.50 bits per heavy atom. The van der Waals surface area contributed by atoms with Gasteiger partial charge in [-0.15, -0.1) is 0 Å². The molecule has 22 heavy (non-hydrogen) atoms. The smallest absolute Gasteiger partial charge is 0.258 e. The first-order valence-electron chi connectivity index (χ1n) is 7.59. The fourth-order valence-electron chi connectivity index (χ4n) is 2.19. The van der Waals surface area contributed by atoms with Gasteiger partial charge < -0.3 is 15.5 Å². The summed E-state index contributed by atoms with van der Waals surface area (Å²) in [5.74, 6) is -1.46. The molecule has 0 saturated heterocycles. The average molecular weight is 348 g/mol. The topological polar surface area (TPSA) is 69.6 Å². The number of benzene rings is 1. The number of aromatic hydroxyl groups is 2. The highest BCUT2D eigenvalue weighted by Gasteiger charge is 2.24. The van der Waals surface area contributed by atoms with E-state index >= 15 is 0 Å². The van der Waals surface area contributed by atoms with Crippen LogP contribution in [0.15, 0.2) is 0 Å². The van der Waals surface area contributed by atoms with Crippen molar-refractivity contribution in [1.82, 2.24) is 5.32 Å². The molecule has 0 fully saturated rings. The Morgan fingerprint density at radius 1 is 1.00 bits per heavy atom. The SMILES string of the molecule is CCCCCCCCNC(=O)c1c(O)c(Cl)c(C)c(Cl)c1O. The molecule has 0 bridgehead atoms. The molecule has 3 N–H and O–H groups in total. The number of carbonyl (C=O) groups excluding carboxylic acids is 1. The normalized spacial score (nSPS) is 10.7. The second kappa shape index (κ2) is 9.11. The van der Waals surface area contributed by atoms with Crippen molar-refractivity contribution in [2.75, 3.05) is 6.54 Å². The van der Waals surface area contributed by atoms with Gasteiger partial charge in [-0.2, -0.15) is 0 Å². The molecule has 1 rings (SSSR count). The Morgan fingerprint density at radius 3 is 2.05 bits per heavy atom. The largest absolute Gasteiger partial charge is 0.505 e. The van der Waals surface area contributed by atoms with Gasteiger partial charge in [0.2, 0.25) is 0 Å². The summed E-state index contributed by atoms with van der Waals surface area (Å²) in [4.78, 5) is 12.1. The van der Waals surface area contributed by atoms with E-state index in [1.54, 1.807) is 6.92 Å². The molecule has 0 unspecified atom stereocenters. The zero-order chi connectivity index (χ0) is 16.7. The van der Waals surface area contributed by atoms with Crippen LogP contribution in [0.4, 0.5) is 0 Å². The number of halogens is 2. The summed E-state index contributed by atoms with van der Waals surface area (Å²) in [5.41, 5.74) is 0.0670. The monoisotopic (exact) mass is 347 g/mol. The van der Waals surface area contributed by atoms with E-state index in [1.165, 1.54) is 19.3 Å². The van der Waals surface area contributed by atoms with Gasteiger partial charge in [-0.25, -0.2) is 0 Å². The molecule has 6 heteroatoms. The summed E-state index contributed by atoms with van der Waals surface area (Å²) in [5, 5.41) is 22.5.